The number of aromatic nitrogens is 3. The van der Waals surface area contributed by atoms with Gasteiger partial charge in [0.15, 0.2) is 0 Å². The number of rotatable bonds is 4. The molecule has 6 heteroatoms. The van der Waals surface area contributed by atoms with Crippen LogP contribution in [0.4, 0.5) is 5.95 Å². The molecule has 1 heterocycles. The molecule has 2 atom stereocenters. The van der Waals surface area contributed by atoms with E-state index in [9.17, 15) is 0 Å². The Balaban J connectivity index is 1.77. The third-order valence-corrected chi connectivity index (χ3v) is 3.80. The topological polar surface area (TPSA) is 50.7 Å². The molecule has 0 radical (unpaired) electrons. The van der Waals surface area contributed by atoms with Crippen LogP contribution in [0.3, 0.4) is 0 Å². The van der Waals surface area contributed by atoms with Gasteiger partial charge in [0.1, 0.15) is 0 Å². The van der Waals surface area contributed by atoms with Crippen molar-refractivity contribution < 1.29 is 0 Å². The Labute approximate surface area is 118 Å². The third-order valence-electron chi connectivity index (χ3n) is 3.46. The van der Waals surface area contributed by atoms with Gasteiger partial charge < -0.3 is 5.32 Å². The number of anilines is 1. The first kappa shape index (κ1) is 13.8. The van der Waals surface area contributed by atoms with Crippen molar-refractivity contribution in [1.82, 2.24) is 15.0 Å². The monoisotopic (exact) mass is 288 g/mol. The molecule has 0 amide bonds. The fraction of sp³-hybridized carbons (Fsp3) is 0.750. The lowest BCUT2D eigenvalue weighted by molar-refractivity contribution is 0.274. The molecule has 100 valence electrons. The quantitative estimate of drug-likeness (QED) is 0.915. The van der Waals surface area contributed by atoms with Crippen LogP contribution >= 0.6 is 23.2 Å². The number of nitrogens with one attached hydrogen (secondary N) is 1. The fourth-order valence-corrected chi connectivity index (χ4v) is 2.98. The summed E-state index contributed by atoms with van der Waals surface area (Å²) in [5.41, 5.74) is 0. The highest BCUT2D eigenvalue weighted by Gasteiger charge is 2.18. The Hall–Kier alpha value is -0.610. The predicted octanol–water partition coefficient (Wildman–Crippen LogP) is 3.81. The van der Waals surface area contributed by atoms with E-state index in [4.69, 9.17) is 23.2 Å². The van der Waals surface area contributed by atoms with E-state index >= 15 is 0 Å². The zero-order chi connectivity index (χ0) is 13.0. The average Bonchev–Trinajstić information content (AvgIpc) is 2.27. The Morgan fingerprint density at radius 2 is 1.89 bits per heavy atom. The molecule has 2 unspecified atom stereocenters. The van der Waals surface area contributed by atoms with Gasteiger partial charge in [0.25, 0.3) is 0 Å². The van der Waals surface area contributed by atoms with Crippen LogP contribution in [0.1, 0.15) is 39.0 Å². The molecule has 1 aliphatic carbocycles. The summed E-state index contributed by atoms with van der Waals surface area (Å²) in [5.74, 6) is 2.14. The first-order chi connectivity index (χ1) is 8.63. The highest BCUT2D eigenvalue weighted by Crippen LogP contribution is 2.30. The van der Waals surface area contributed by atoms with Crippen molar-refractivity contribution in [2.75, 3.05) is 11.9 Å². The van der Waals surface area contributed by atoms with Gasteiger partial charge in [0, 0.05) is 6.54 Å². The summed E-state index contributed by atoms with van der Waals surface area (Å²) in [4.78, 5) is 11.7. The van der Waals surface area contributed by atoms with Gasteiger partial charge in [-0.2, -0.15) is 15.0 Å². The van der Waals surface area contributed by atoms with Crippen molar-refractivity contribution >= 4 is 29.2 Å². The molecular weight excluding hydrogens is 271 g/mol. The molecule has 4 nitrogen and oxygen atoms in total. The molecule has 1 aliphatic rings. The Kier molecular flexibility index (Phi) is 5.01. The lowest BCUT2D eigenvalue weighted by Crippen LogP contribution is -2.17. The molecule has 18 heavy (non-hydrogen) atoms. The first-order valence-corrected chi connectivity index (χ1v) is 7.20. The lowest BCUT2D eigenvalue weighted by Gasteiger charge is -2.26. The second-order valence-corrected chi connectivity index (χ2v) is 5.73. The van der Waals surface area contributed by atoms with Crippen LogP contribution in [0.25, 0.3) is 0 Å². The molecule has 0 aliphatic heterocycles. The lowest BCUT2D eigenvalue weighted by atomic mass is 9.81. The van der Waals surface area contributed by atoms with Crippen molar-refractivity contribution in [2.24, 2.45) is 11.8 Å². The van der Waals surface area contributed by atoms with Gasteiger partial charge in [-0.25, -0.2) is 0 Å². The molecule has 1 aromatic rings. The summed E-state index contributed by atoms with van der Waals surface area (Å²) in [6.45, 7) is 3.19. The van der Waals surface area contributed by atoms with E-state index in [1.165, 1.54) is 25.7 Å². The highest BCUT2D eigenvalue weighted by molar-refractivity contribution is 6.31. The summed E-state index contributed by atoms with van der Waals surface area (Å²) in [6, 6.07) is 0. The van der Waals surface area contributed by atoms with E-state index < -0.39 is 0 Å². The number of nitrogens with zero attached hydrogens (tertiary/aromatic N) is 3. The Morgan fingerprint density at radius 3 is 2.56 bits per heavy atom. The minimum Gasteiger partial charge on any atom is -0.354 e. The van der Waals surface area contributed by atoms with Gasteiger partial charge in [0.05, 0.1) is 0 Å². The maximum atomic E-state index is 5.71. The second kappa shape index (κ2) is 6.53. The van der Waals surface area contributed by atoms with E-state index in [-0.39, 0.29) is 10.6 Å². The summed E-state index contributed by atoms with van der Waals surface area (Å²) >= 11 is 11.4. The summed E-state index contributed by atoms with van der Waals surface area (Å²) in [5, 5.41) is 3.41. The van der Waals surface area contributed by atoms with Gasteiger partial charge in [-0.3, -0.25) is 0 Å². The summed E-state index contributed by atoms with van der Waals surface area (Å²) < 4.78 is 0. The van der Waals surface area contributed by atoms with Crippen LogP contribution in [0.2, 0.25) is 10.6 Å². The van der Waals surface area contributed by atoms with Crippen LogP contribution in [-0.4, -0.2) is 21.5 Å². The molecule has 0 saturated heterocycles. The van der Waals surface area contributed by atoms with Gasteiger partial charge in [-0.1, -0.05) is 26.2 Å². The summed E-state index contributed by atoms with van der Waals surface area (Å²) in [7, 11) is 0. The summed E-state index contributed by atoms with van der Waals surface area (Å²) in [6.07, 6.45) is 6.55. The van der Waals surface area contributed by atoms with Crippen LogP contribution in [0.5, 0.6) is 0 Å². The van der Waals surface area contributed by atoms with Gasteiger partial charge >= 0.3 is 0 Å². The van der Waals surface area contributed by atoms with E-state index in [0.717, 1.165) is 24.8 Å². The average molecular weight is 289 g/mol. The van der Waals surface area contributed by atoms with E-state index in [0.29, 0.717) is 5.95 Å². The van der Waals surface area contributed by atoms with Gasteiger partial charge in [-0.05, 0) is 47.9 Å². The minimum absolute atomic E-state index is 0.129. The van der Waals surface area contributed by atoms with E-state index in [2.05, 4.69) is 27.2 Å². The van der Waals surface area contributed by atoms with Crippen LogP contribution < -0.4 is 5.32 Å². The molecule has 1 fully saturated rings. The van der Waals surface area contributed by atoms with E-state index in [1.54, 1.807) is 0 Å². The zero-order valence-corrected chi connectivity index (χ0v) is 12.0. The first-order valence-electron chi connectivity index (χ1n) is 6.44. The molecule has 1 aromatic heterocycles. The fourth-order valence-electron chi connectivity index (χ4n) is 2.61. The number of hydrogen-bond acceptors (Lipinski definition) is 4. The maximum Gasteiger partial charge on any atom is 0.228 e. The van der Waals surface area contributed by atoms with Crippen molar-refractivity contribution in [3.8, 4) is 0 Å². The van der Waals surface area contributed by atoms with Gasteiger partial charge in [-0.15, -0.1) is 0 Å². The zero-order valence-electron chi connectivity index (χ0n) is 10.5. The predicted molar refractivity (Wildman–Crippen MR) is 74.1 cm³/mol. The Morgan fingerprint density at radius 1 is 1.17 bits per heavy atom. The Bertz CT molecular complexity index is 379. The highest BCUT2D eigenvalue weighted by atomic mass is 35.5. The smallest absolute Gasteiger partial charge is 0.228 e. The largest absolute Gasteiger partial charge is 0.354 e. The van der Waals surface area contributed by atoms with Crippen LogP contribution in [0, 0.1) is 11.8 Å². The molecule has 1 saturated carbocycles. The van der Waals surface area contributed by atoms with Crippen molar-refractivity contribution in [2.45, 2.75) is 39.0 Å². The molecule has 1 N–H and O–H groups in total. The number of hydrogen-bond donors (Lipinski definition) is 1. The van der Waals surface area contributed by atoms with Crippen LogP contribution in [-0.2, 0) is 0 Å². The molecule has 0 spiro atoms. The second-order valence-electron chi connectivity index (χ2n) is 5.05. The number of halogens is 2. The van der Waals surface area contributed by atoms with Crippen molar-refractivity contribution in [1.29, 1.82) is 0 Å². The maximum absolute atomic E-state index is 5.71. The van der Waals surface area contributed by atoms with Crippen molar-refractivity contribution in [3.05, 3.63) is 10.6 Å². The SMILES string of the molecule is CC1CCCC(CCNc2nc(Cl)nc(Cl)n2)C1. The molecule has 0 aromatic carbocycles. The third kappa shape index (κ3) is 4.25. The minimum atomic E-state index is 0.129. The van der Waals surface area contributed by atoms with E-state index in [1.807, 2.05) is 0 Å². The van der Waals surface area contributed by atoms with Crippen molar-refractivity contribution in [3.63, 3.8) is 0 Å². The van der Waals surface area contributed by atoms with Gasteiger partial charge in [0.2, 0.25) is 16.5 Å². The van der Waals surface area contributed by atoms with Crippen LogP contribution in [0.15, 0.2) is 0 Å². The molecule has 0 bridgehead atoms. The standard InChI is InChI=1S/C12H18Cl2N4/c1-8-3-2-4-9(7-8)5-6-15-12-17-10(13)16-11(14)18-12/h8-9H,2-7H2,1H3,(H,15,16,17,18). The molecule has 2 rings (SSSR count). The molecular formula is C12H18Cl2N4. The normalized spacial score (nSPS) is 23.9.